The van der Waals surface area contributed by atoms with Crippen molar-refractivity contribution in [3.63, 3.8) is 0 Å². The third-order valence-corrected chi connectivity index (χ3v) is 5.12. The molecule has 1 aliphatic carbocycles. The zero-order chi connectivity index (χ0) is 15.4. The van der Waals surface area contributed by atoms with E-state index in [4.69, 9.17) is 5.11 Å². The van der Waals surface area contributed by atoms with Gasteiger partial charge in [-0.3, -0.25) is 9.59 Å². The summed E-state index contributed by atoms with van der Waals surface area (Å²) in [6.07, 6.45) is 2.75. The van der Waals surface area contributed by atoms with E-state index < -0.39 is 6.04 Å². The van der Waals surface area contributed by atoms with Crippen molar-refractivity contribution in [2.45, 2.75) is 38.3 Å². The van der Waals surface area contributed by atoms with Crippen molar-refractivity contribution in [1.29, 1.82) is 0 Å². The van der Waals surface area contributed by atoms with Crippen LogP contribution in [0.4, 0.5) is 0 Å². The first-order valence-corrected chi connectivity index (χ1v) is 8.59. The molecule has 2 atom stereocenters. The number of amides is 2. The highest BCUT2D eigenvalue weighted by Gasteiger charge is 2.32. The Morgan fingerprint density at radius 2 is 2.14 bits per heavy atom. The standard InChI is InChI=1S/C14H19BrN2O3S/c1-8(16-14(20)11-4-5-12(15)21-11)13(19)17-10(6-7-18)9-2-3-9/h4-5,8-10,18H,2-3,6-7H2,1H3,(H,16,20)(H,17,19). The maximum Gasteiger partial charge on any atom is 0.262 e. The third kappa shape index (κ3) is 4.79. The summed E-state index contributed by atoms with van der Waals surface area (Å²) < 4.78 is 0.876. The van der Waals surface area contributed by atoms with E-state index in [2.05, 4.69) is 26.6 Å². The van der Waals surface area contributed by atoms with Crippen molar-refractivity contribution < 1.29 is 14.7 Å². The molecule has 1 heterocycles. The molecule has 0 radical (unpaired) electrons. The summed E-state index contributed by atoms with van der Waals surface area (Å²) in [5.74, 6) is 0.0139. The molecular weight excluding hydrogens is 356 g/mol. The number of carbonyl (C=O) groups is 2. The van der Waals surface area contributed by atoms with Gasteiger partial charge in [0.15, 0.2) is 0 Å². The van der Waals surface area contributed by atoms with Gasteiger partial charge in [-0.1, -0.05) is 0 Å². The summed E-state index contributed by atoms with van der Waals surface area (Å²) in [7, 11) is 0. The van der Waals surface area contributed by atoms with Gasteiger partial charge < -0.3 is 15.7 Å². The predicted octanol–water partition coefficient (Wildman–Crippen LogP) is 1.91. The average Bonchev–Trinajstić information content (AvgIpc) is 3.19. The molecule has 116 valence electrons. The second kappa shape index (κ2) is 7.38. The first-order valence-electron chi connectivity index (χ1n) is 6.98. The number of aliphatic hydroxyl groups excluding tert-OH is 1. The normalized spacial score (nSPS) is 17.1. The minimum Gasteiger partial charge on any atom is -0.396 e. The van der Waals surface area contributed by atoms with E-state index in [0.717, 1.165) is 16.6 Å². The van der Waals surface area contributed by atoms with Gasteiger partial charge in [-0.05, 0) is 60.2 Å². The van der Waals surface area contributed by atoms with Gasteiger partial charge in [0.2, 0.25) is 5.91 Å². The van der Waals surface area contributed by atoms with Crippen LogP contribution in [-0.4, -0.2) is 35.6 Å². The van der Waals surface area contributed by atoms with Gasteiger partial charge in [-0.2, -0.15) is 0 Å². The number of aliphatic hydroxyl groups is 1. The van der Waals surface area contributed by atoms with Crippen molar-refractivity contribution >= 4 is 39.1 Å². The second-order valence-corrected chi connectivity index (χ2v) is 7.73. The Balaban J connectivity index is 1.85. The van der Waals surface area contributed by atoms with E-state index in [-0.39, 0.29) is 24.5 Å². The van der Waals surface area contributed by atoms with Gasteiger partial charge >= 0.3 is 0 Å². The Labute approximate surface area is 136 Å². The number of halogens is 1. The molecule has 0 saturated heterocycles. The van der Waals surface area contributed by atoms with Crippen molar-refractivity contribution in [3.05, 3.63) is 20.8 Å². The van der Waals surface area contributed by atoms with E-state index in [1.807, 2.05) is 0 Å². The first-order chi connectivity index (χ1) is 10.0. The van der Waals surface area contributed by atoms with E-state index >= 15 is 0 Å². The summed E-state index contributed by atoms with van der Waals surface area (Å²) in [6, 6.07) is 2.93. The lowest BCUT2D eigenvalue weighted by atomic mass is 10.1. The number of thiophene rings is 1. The quantitative estimate of drug-likeness (QED) is 0.681. The molecule has 1 aromatic heterocycles. The summed E-state index contributed by atoms with van der Waals surface area (Å²) in [5, 5.41) is 14.7. The maximum absolute atomic E-state index is 12.1. The molecular formula is C14H19BrN2O3S. The number of hydrogen-bond donors (Lipinski definition) is 3. The topological polar surface area (TPSA) is 78.4 Å². The Morgan fingerprint density at radius 3 is 2.67 bits per heavy atom. The van der Waals surface area contributed by atoms with E-state index in [0.29, 0.717) is 17.2 Å². The molecule has 0 spiro atoms. The van der Waals surface area contributed by atoms with Gasteiger partial charge in [0.1, 0.15) is 6.04 Å². The Hall–Kier alpha value is -0.920. The lowest BCUT2D eigenvalue weighted by Crippen LogP contribution is -2.48. The highest BCUT2D eigenvalue weighted by atomic mass is 79.9. The fourth-order valence-corrected chi connectivity index (χ4v) is 3.43. The molecule has 5 nitrogen and oxygen atoms in total. The predicted molar refractivity (Wildman–Crippen MR) is 85.3 cm³/mol. The van der Waals surface area contributed by atoms with Crippen LogP contribution in [0, 0.1) is 5.92 Å². The van der Waals surface area contributed by atoms with Gasteiger partial charge in [0.05, 0.1) is 8.66 Å². The Kier molecular flexibility index (Phi) is 5.78. The summed E-state index contributed by atoms with van der Waals surface area (Å²) in [5.41, 5.74) is 0. The molecule has 1 aromatic rings. The van der Waals surface area contributed by atoms with E-state index in [1.165, 1.54) is 11.3 Å². The van der Waals surface area contributed by atoms with Gasteiger partial charge in [-0.15, -0.1) is 11.3 Å². The highest BCUT2D eigenvalue weighted by molar-refractivity contribution is 9.11. The van der Waals surface area contributed by atoms with Crippen LogP contribution in [0.15, 0.2) is 15.9 Å². The molecule has 0 aromatic carbocycles. The SMILES string of the molecule is CC(NC(=O)c1ccc(Br)s1)C(=O)NC(CCO)C1CC1. The molecule has 3 N–H and O–H groups in total. The monoisotopic (exact) mass is 374 g/mol. The van der Waals surface area contributed by atoms with Gasteiger partial charge in [0, 0.05) is 12.6 Å². The summed E-state index contributed by atoms with van der Waals surface area (Å²) in [6.45, 7) is 1.73. The zero-order valence-corrected chi connectivity index (χ0v) is 14.2. The average molecular weight is 375 g/mol. The molecule has 0 aliphatic heterocycles. The fraction of sp³-hybridized carbons (Fsp3) is 0.571. The molecule has 7 heteroatoms. The highest BCUT2D eigenvalue weighted by Crippen LogP contribution is 2.33. The number of carbonyl (C=O) groups excluding carboxylic acids is 2. The smallest absolute Gasteiger partial charge is 0.262 e. The van der Waals surface area contributed by atoms with Crippen LogP contribution < -0.4 is 10.6 Å². The van der Waals surface area contributed by atoms with Crippen LogP contribution in [0.3, 0.4) is 0 Å². The molecule has 21 heavy (non-hydrogen) atoms. The number of hydrogen-bond acceptors (Lipinski definition) is 4. The third-order valence-electron chi connectivity index (χ3n) is 3.50. The largest absolute Gasteiger partial charge is 0.396 e. The lowest BCUT2D eigenvalue weighted by Gasteiger charge is -2.20. The number of rotatable bonds is 7. The van der Waals surface area contributed by atoms with Crippen molar-refractivity contribution in [2.24, 2.45) is 5.92 Å². The first kappa shape index (κ1) is 16.5. The summed E-state index contributed by atoms with van der Waals surface area (Å²) in [4.78, 5) is 24.7. The lowest BCUT2D eigenvalue weighted by molar-refractivity contribution is -0.123. The van der Waals surface area contributed by atoms with E-state index in [1.54, 1.807) is 19.1 Å². The molecule has 0 bridgehead atoms. The fourth-order valence-electron chi connectivity index (χ4n) is 2.14. The van der Waals surface area contributed by atoms with Crippen LogP contribution in [-0.2, 0) is 4.79 Å². The Morgan fingerprint density at radius 1 is 1.43 bits per heavy atom. The van der Waals surface area contributed by atoms with Crippen LogP contribution in [0.5, 0.6) is 0 Å². The molecule has 1 aliphatic rings. The van der Waals surface area contributed by atoms with Gasteiger partial charge in [-0.25, -0.2) is 0 Å². The molecule has 1 saturated carbocycles. The maximum atomic E-state index is 12.1. The molecule has 2 rings (SSSR count). The minimum absolute atomic E-state index is 0.0118. The molecule has 1 fully saturated rings. The molecule has 2 unspecified atom stereocenters. The minimum atomic E-state index is -0.599. The van der Waals surface area contributed by atoms with Gasteiger partial charge in [0.25, 0.3) is 5.91 Å². The zero-order valence-electron chi connectivity index (χ0n) is 11.8. The Bertz CT molecular complexity index is 516. The van der Waals surface area contributed by atoms with Crippen LogP contribution >= 0.6 is 27.3 Å². The van der Waals surface area contributed by atoms with Crippen LogP contribution in [0.1, 0.15) is 35.9 Å². The molecule has 2 amide bonds. The van der Waals surface area contributed by atoms with Crippen molar-refractivity contribution in [1.82, 2.24) is 10.6 Å². The van der Waals surface area contributed by atoms with Crippen LogP contribution in [0.25, 0.3) is 0 Å². The van der Waals surface area contributed by atoms with Crippen molar-refractivity contribution in [3.8, 4) is 0 Å². The number of nitrogens with one attached hydrogen (secondary N) is 2. The van der Waals surface area contributed by atoms with E-state index in [9.17, 15) is 9.59 Å². The second-order valence-electron chi connectivity index (χ2n) is 5.26. The van der Waals surface area contributed by atoms with Crippen molar-refractivity contribution in [2.75, 3.05) is 6.61 Å². The summed E-state index contributed by atoms with van der Waals surface area (Å²) >= 11 is 4.63. The van der Waals surface area contributed by atoms with Crippen LogP contribution in [0.2, 0.25) is 0 Å².